The van der Waals surface area contributed by atoms with Crippen molar-refractivity contribution in [2.45, 2.75) is 45.4 Å². The van der Waals surface area contributed by atoms with Crippen LogP contribution < -0.4 is 5.32 Å². The Morgan fingerprint density at radius 3 is 2.24 bits per heavy atom. The van der Waals surface area contributed by atoms with E-state index in [0.717, 1.165) is 5.56 Å². The normalized spacial score (nSPS) is 14.3. The number of benzene rings is 1. The number of rotatable bonds is 8. The third kappa shape index (κ3) is 6.54. The molecular formula is C18H25NO6. The standard InChI is InChI=1S/C18H25NO6/c1-11(2)16(21)15(18(23)24-4)19-17(22)14(25-12(3)20)10-13-8-6-5-7-9-13/h5-9,11,14-16,21H,10H2,1-4H3,(H,19,22)/t14-,15-,16+/m1/s1. The lowest BCUT2D eigenvalue weighted by atomic mass is 9.99. The maximum absolute atomic E-state index is 12.5. The molecule has 7 heteroatoms. The first-order valence-corrected chi connectivity index (χ1v) is 8.03. The molecule has 1 aromatic rings. The van der Waals surface area contributed by atoms with Crippen LogP contribution in [0, 0.1) is 5.92 Å². The lowest BCUT2D eigenvalue weighted by molar-refractivity contribution is -0.156. The van der Waals surface area contributed by atoms with Gasteiger partial charge in [-0.1, -0.05) is 44.2 Å². The van der Waals surface area contributed by atoms with E-state index in [0.29, 0.717) is 0 Å². The number of aliphatic hydroxyl groups excluding tert-OH is 1. The maximum Gasteiger partial charge on any atom is 0.331 e. The largest absolute Gasteiger partial charge is 0.467 e. The molecule has 0 unspecified atom stereocenters. The van der Waals surface area contributed by atoms with Gasteiger partial charge in [0.2, 0.25) is 0 Å². The number of aliphatic hydroxyl groups is 1. The number of nitrogens with one attached hydrogen (secondary N) is 1. The van der Waals surface area contributed by atoms with Crippen molar-refractivity contribution in [1.82, 2.24) is 5.32 Å². The highest BCUT2D eigenvalue weighted by atomic mass is 16.5. The van der Waals surface area contributed by atoms with E-state index in [1.54, 1.807) is 38.1 Å². The van der Waals surface area contributed by atoms with E-state index in [4.69, 9.17) is 4.74 Å². The molecule has 3 atom stereocenters. The van der Waals surface area contributed by atoms with E-state index >= 15 is 0 Å². The maximum atomic E-state index is 12.5. The third-order valence-electron chi connectivity index (χ3n) is 3.64. The van der Waals surface area contributed by atoms with Crippen LogP contribution in [0.4, 0.5) is 0 Å². The first kappa shape index (κ1) is 20.6. The SMILES string of the molecule is COC(=O)[C@H](NC(=O)[C@@H](Cc1ccccc1)OC(C)=O)[C@@H](O)C(C)C. The van der Waals surface area contributed by atoms with Crippen molar-refractivity contribution in [2.24, 2.45) is 5.92 Å². The van der Waals surface area contributed by atoms with E-state index in [9.17, 15) is 19.5 Å². The first-order valence-electron chi connectivity index (χ1n) is 8.03. The Bertz CT molecular complexity index is 586. The third-order valence-corrected chi connectivity index (χ3v) is 3.64. The molecule has 0 saturated heterocycles. The van der Waals surface area contributed by atoms with E-state index in [1.807, 2.05) is 6.07 Å². The second kappa shape index (κ2) is 9.78. The molecule has 1 rings (SSSR count). The van der Waals surface area contributed by atoms with Crippen LogP contribution in [0.15, 0.2) is 30.3 Å². The zero-order valence-corrected chi connectivity index (χ0v) is 14.9. The van der Waals surface area contributed by atoms with E-state index in [1.165, 1.54) is 14.0 Å². The summed E-state index contributed by atoms with van der Waals surface area (Å²) in [5, 5.41) is 12.6. The van der Waals surface area contributed by atoms with Gasteiger partial charge in [0.05, 0.1) is 13.2 Å². The number of methoxy groups -OCH3 is 1. The number of amides is 1. The summed E-state index contributed by atoms with van der Waals surface area (Å²) < 4.78 is 9.73. The van der Waals surface area contributed by atoms with Gasteiger partial charge in [0.25, 0.3) is 5.91 Å². The Hall–Kier alpha value is -2.41. The van der Waals surface area contributed by atoms with Crippen LogP contribution in [0.1, 0.15) is 26.3 Å². The summed E-state index contributed by atoms with van der Waals surface area (Å²) in [4.78, 5) is 35.7. The van der Waals surface area contributed by atoms with Crippen LogP contribution >= 0.6 is 0 Å². The highest BCUT2D eigenvalue weighted by molar-refractivity contribution is 5.88. The number of ether oxygens (including phenoxy) is 2. The van der Waals surface area contributed by atoms with Gasteiger partial charge < -0.3 is 19.9 Å². The average molecular weight is 351 g/mol. The lowest BCUT2D eigenvalue weighted by Gasteiger charge is -2.26. The summed E-state index contributed by atoms with van der Waals surface area (Å²) in [6.45, 7) is 4.62. The summed E-state index contributed by atoms with van der Waals surface area (Å²) in [5.74, 6) is -2.34. The van der Waals surface area contributed by atoms with Crippen molar-refractivity contribution in [1.29, 1.82) is 0 Å². The Balaban J connectivity index is 2.94. The van der Waals surface area contributed by atoms with Crippen LogP contribution in [0.3, 0.4) is 0 Å². The number of carbonyl (C=O) groups excluding carboxylic acids is 3. The number of esters is 2. The molecule has 138 valence electrons. The molecule has 0 aromatic heterocycles. The van der Waals surface area contributed by atoms with Crippen LogP contribution in [0.2, 0.25) is 0 Å². The van der Waals surface area contributed by atoms with Crippen LogP contribution in [-0.4, -0.2) is 48.3 Å². The fourth-order valence-electron chi connectivity index (χ4n) is 2.26. The predicted octanol–water partition coefficient (Wildman–Crippen LogP) is 0.835. The fraction of sp³-hybridized carbons (Fsp3) is 0.500. The number of hydrogen-bond acceptors (Lipinski definition) is 6. The minimum Gasteiger partial charge on any atom is -0.467 e. The second-order valence-corrected chi connectivity index (χ2v) is 6.03. The second-order valence-electron chi connectivity index (χ2n) is 6.03. The van der Waals surface area contributed by atoms with Crippen molar-refractivity contribution in [3.63, 3.8) is 0 Å². The molecule has 0 bridgehead atoms. The zero-order chi connectivity index (χ0) is 19.0. The monoisotopic (exact) mass is 351 g/mol. The van der Waals surface area contributed by atoms with Crippen molar-refractivity contribution in [2.75, 3.05) is 7.11 Å². The lowest BCUT2D eigenvalue weighted by Crippen LogP contribution is -2.54. The molecule has 2 N–H and O–H groups in total. The molecule has 0 aliphatic carbocycles. The molecule has 0 fully saturated rings. The van der Waals surface area contributed by atoms with Gasteiger partial charge in [-0.25, -0.2) is 4.79 Å². The van der Waals surface area contributed by atoms with Gasteiger partial charge in [-0.05, 0) is 11.5 Å². The van der Waals surface area contributed by atoms with Crippen LogP contribution in [0.5, 0.6) is 0 Å². The van der Waals surface area contributed by atoms with Gasteiger partial charge in [-0.15, -0.1) is 0 Å². The van der Waals surface area contributed by atoms with Crippen molar-refractivity contribution in [3.8, 4) is 0 Å². The molecule has 0 heterocycles. The van der Waals surface area contributed by atoms with Gasteiger partial charge in [0.1, 0.15) is 0 Å². The van der Waals surface area contributed by atoms with Crippen LogP contribution in [-0.2, 0) is 30.3 Å². The summed E-state index contributed by atoms with van der Waals surface area (Å²) in [6, 6.07) is 7.79. The Kier molecular flexibility index (Phi) is 8.07. The highest BCUT2D eigenvalue weighted by Gasteiger charge is 2.34. The summed E-state index contributed by atoms with van der Waals surface area (Å²) >= 11 is 0. The van der Waals surface area contributed by atoms with Crippen LogP contribution in [0.25, 0.3) is 0 Å². The molecule has 0 aliphatic heterocycles. The molecule has 0 aliphatic rings. The first-order chi connectivity index (χ1) is 11.8. The topological polar surface area (TPSA) is 102 Å². The van der Waals surface area contributed by atoms with Gasteiger partial charge in [-0.2, -0.15) is 0 Å². The molecule has 0 radical (unpaired) electrons. The van der Waals surface area contributed by atoms with Gasteiger partial charge >= 0.3 is 11.9 Å². The number of carbonyl (C=O) groups is 3. The number of hydrogen-bond donors (Lipinski definition) is 2. The van der Waals surface area contributed by atoms with Crippen molar-refractivity contribution < 1.29 is 29.0 Å². The van der Waals surface area contributed by atoms with Gasteiger partial charge in [0.15, 0.2) is 12.1 Å². The smallest absolute Gasteiger partial charge is 0.331 e. The molecular weight excluding hydrogens is 326 g/mol. The summed E-state index contributed by atoms with van der Waals surface area (Å²) in [5.41, 5.74) is 0.794. The van der Waals surface area contributed by atoms with E-state index < -0.39 is 36.1 Å². The molecule has 0 spiro atoms. The molecule has 25 heavy (non-hydrogen) atoms. The highest BCUT2D eigenvalue weighted by Crippen LogP contribution is 2.11. The van der Waals surface area contributed by atoms with Gasteiger partial charge in [0, 0.05) is 13.3 Å². The van der Waals surface area contributed by atoms with E-state index in [2.05, 4.69) is 10.1 Å². The quantitative estimate of drug-likeness (QED) is 0.673. The Labute approximate surface area is 147 Å². The molecule has 1 amide bonds. The minimum atomic E-state index is -1.24. The van der Waals surface area contributed by atoms with E-state index in [-0.39, 0.29) is 12.3 Å². The van der Waals surface area contributed by atoms with Gasteiger partial charge in [-0.3, -0.25) is 9.59 Å². The molecule has 7 nitrogen and oxygen atoms in total. The predicted molar refractivity (Wildman–Crippen MR) is 90.5 cm³/mol. The zero-order valence-electron chi connectivity index (χ0n) is 14.9. The fourth-order valence-corrected chi connectivity index (χ4v) is 2.26. The Morgan fingerprint density at radius 2 is 1.76 bits per heavy atom. The molecule has 1 aromatic carbocycles. The molecule has 0 saturated carbocycles. The minimum absolute atomic E-state index is 0.151. The van der Waals surface area contributed by atoms with Crippen molar-refractivity contribution >= 4 is 17.8 Å². The van der Waals surface area contributed by atoms with Crippen molar-refractivity contribution in [3.05, 3.63) is 35.9 Å². The average Bonchev–Trinajstić information content (AvgIpc) is 2.58. The summed E-state index contributed by atoms with van der Waals surface area (Å²) in [6.07, 6.45) is -2.10. The Morgan fingerprint density at radius 1 is 1.16 bits per heavy atom. The summed E-state index contributed by atoms with van der Waals surface area (Å²) in [7, 11) is 1.17.